The molecule has 1 aliphatic rings. The number of hydrogen-bond donors (Lipinski definition) is 1. The first-order valence-electron chi connectivity index (χ1n) is 9.21. The predicted octanol–water partition coefficient (Wildman–Crippen LogP) is 2.33. The molecule has 2 aromatic rings. The highest BCUT2D eigenvalue weighted by Crippen LogP contribution is 2.30. The van der Waals surface area contributed by atoms with E-state index in [0.29, 0.717) is 11.5 Å². The second-order valence-electron chi connectivity index (χ2n) is 6.68. The number of anilines is 1. The number of sulfonamides is 1. The molecule has 1 amide bonds. The van der Waals surface area contributed by atoms with Gasteiger partial charge in [-0.05, 0) is 30.7 Å². The first-order chi connectivity index (χ1) is 13.8. The van der Waals surface area contributed by atoms with Crippen LogP contribution in [0.1, 0.15) is 13.3 Å². The zero-order valence-electron chi connectivity index (χ0n) is 16.2. The number of benzene rings is 2. The van der Waals surface area contributed by atoms with Gasteiger partial charge < -0.3 is 14.8 Å². The Labute approximate surface area is 169 Å². The molecule has 1 aliphatic heterocycles. The maximum atomic E-state index is 14.3. The summed E-state index contributed by atoms with van der Waals surface area (Å²) in [5.41, 5.74) is -0.164. The van der Waals surface area contributed by atoms with Crippen molar-refractivity contribution in [1.29, 1.82) is 0 Å². The quantitative estimate of drug-likeness (QED) is 0.740. The SMILES string of the molecule is CCC(C(=O)NCC1COc2ccccc2O1)N(c1ccccc1F)S(C)(=O)=O. The van der Waals surface area contributed by atoms with Crippen molar-refractivity contribution in [2.24, 2.45) is 0 Å². The molecule has 9 heteroatoms. The predicted molar refractivity (Wildman–Crippen MR) is 107 cm³/mol. The van der Waals surface area contributed by atoms with Crippen molar-refractivity contribution in [2.75, 3.05) is 23.7 Å². The van der Waals surface area contributed by atoms with Gasteiger partial charge in [0.2, 0.25) is 15.9 Å². The molecule has 0 spiro atoms. The van der Waals surface area contributed by atoms with E-state index < -0.39 is 33.9 Å². The summed E-state index contributed by atoms with van der Waals surface area (Å²) in [5.74, 6) is -0.0492. The van der Waals surface area contributed by atoms with E-state index >= 15 is 0 Å². The number of para-hydroxylation sites is 3. The molecule has 7 nitrogen and oxygen atoms in total. The first-order valence-corrected chi connectivity index (χ1v) is 11.1. The van der Waals surface area contributed by atoms with Gasteiger partial charge in [-0.2, -0.15) is 0 Å². The summed E-state index contributed by atoms with van der Waals surface area (Å²) in [6.45, 7) is 2.04. The number of rotatable bonds is 7. The van der Waals surface area contributed by atoms with Crippen LogP contribution in [-0.4, -0.2) is 45.9 Å². The normalized spacial score (nSPS) is 16.7. The summed E-state index contributed by atoms with van der Waals surface area (Å²) in [4.78, 5) is 12.8. The standard InChI is InChI=1S/C20H23FN2O5S/c1-3-16(23(29(2,25)26)17-9-5-4-8-15(17)21)20(24)22-12-14-13-27-18-10-6-7-11-19(18)28-14/h4-11,14,16H,3,12-13H2,1-2H3,(H,22,24). The van der Waals surface area contributed by atoms with Crippen molar-refractivity contribution in [3.63, 3.8) is 0 Å². The molecule has 0 fully saturated rings. The van der Waals surface area contributed by atoms with Crippen LogP contribution in [0.2, 0.25) is 0 Å². The summed E-state index contributed by atoms with van der Waals surface area (Å²) in [6, 6.07) is 11.6. The fraction of sp³-hybridized carbons (Fsp3) is 0.350. The molecule has 0 aromatic heterocycles. The lowest BCUT2D eigenvalue weighted by Crippen LogP contribution is -2.52. The number of amides is 1. The molecule has 0 saturated carbocycles. The monoisotopic (exact) mass is 422 g/mol. The molecule has 1 heterocycles. The Morgan fingerprint density at radius 3 is 2.52 bits per heavy atom. The molecule has 2 unspecified atom stereocenters. The van der Waals surface area contributed by atoms with E-state index in [4.69, 9.17) is 9.47 Å². The van der Waals surface area contributed by atoms with Gasteiger partial charge in [-0.25, -0.2) is 12.8 Å². The maximum absolute atomic E-state index is 14.3. The molecular formula is C20H23FN2O5S. The number of halogens is 1. The third kappa shape index (κ3) is 4.79. The molecule has 0 aliphatic carbocycles. The minimum Gasteiger partial charge on any atom is -0.486 e. The number of ether oxygens (including phenoxy) is 2. The van der Waals surface area contributed by atoms with Crippen molar-refractivity contribution < 1.29 is 27.1 Å². The molecule has 1 N–H and O–H groups in total. The van der Waals surface area contributed by atoms with E-state index in [-0.39, 0.29) is 25.3 Å². The van der Waals surface area contributed by atoms with Crippen LogP contribution < -0.4 is 19.1 Å². The van der Waals surface area contributed by atoms with Crippen LogP contribution in [0.15, 0.2) is 48.5 Å². The fourth-order valence-corrected chi connectivity index (χ4v) is 4.37. The number of fused-ring (bicyclic) bond motifs is 1. The zero-order valence-corrected chi connectivity index (χ0v) is 17.0. The average molecular weight is 422 g/mol. The molecule has 0 saturated heterocycles. The summed E-state index contributed by atoms with van der Waals surface area (Å²) < 4.78 is 51.2. The average Bonchev–Trinajstić information content (AvgIpc) is 2.70. The lowest BCUT2D eigenvalue weighted by atomic mass is 10.1. The minimum absolute atomic E-state index is 0.124. The molecule has 2 atom stereocenters. The maximum Gasteiger partial charge on any atom is 0.244 e. The molecular weight excluding hydrogens is 399 g/mol. The van der Waals surface area contributed by atoms with Crippen molar-refractivity contribution in [1.82, 2.24) is 5.32 Å². The smallest absolute Gasteiger partial charge is 0.244 e. The number of nitrogens with zero attached hydrogens (tertiary/aromatic N) is 1. The molecule has 0 radical (unpaired) electrons. The Hall–Kier alpha value is -2.81. The van der Waals surface area contributed by atoms with Gasteiger partial charge in [-0.15, -0.1) is 0 Å². The fourth-order valence-electron chi connectivity index (χ4n) is 3.16. The summed E-state index contributed by atoms with van der Waals surface area (Å²) in [5, 5.41) is 2.70. The third-order valence-corrected chi connectivity index (χ3v) is 5.66. The van der Waals surface area contributed by atoms with Gasteiger partial charge >= 0.3 is 0 Å². The van der Waals surface area contributed by atoms with Crippen molar-refractivity contribution >= 4 is 21.6 Å². The Kier molecular flexibility index (Phi) is 6.26. The number of carbonyl (C=O) groups is 1. The lowest BCUT2D eigenvalue weighted by Gasteiger charge is -2.31. The van der Waals surface area contributed by atoms with Gasteiger partial charge in [0.15, 0.2) is 11.5 Å². The van der Waals surface area contributed by atoms with Crippen LogP contribution in [0, 0.1) is 5.82 Å². The van der Waals surface area contributed by atoms with Crippen LogP contribution in [-0.2, 0) is 14.8 Å². The second kappa shape index (κ2) is 8.69. The van der Waals surface area contributed by atoms with Gasteiger partial charge in [0.1, 0.15) is 24.6 Å². The van der Waals surface area contributed by atoms with Gasteiger partial charge in [0, 0.05) is 0 Å². The Morgan fingerprint density at radius 1 is 1.21 bits per heavy atom. The highest BCUT2D eigenvalue weighted by molar-refractivity contribution is 7.92. The van der Waals surface area contributed by atoms with Crippen LogP contribution >= 0.6 is 0 Å². The Morgan fingerprint density at radius 2 is 1.86 bits per heavy atom. The third-order valence-electron chi connectivity index (χ3n) is 4.49. The van der Waals surface area contributed by atoms with Gasteiger partial charge in [0.25, 0.3) is 0 Å². The van der Waals surface area contributed by atoms with E-state index in [1.807, 2.05) is 12.1 Å². The van der Waals surface area contributed by atoms with E-state index in [1.54, 1.807) is 19.1 Å². The van der Waals surface area contributed by atoms with Crippen LogP contribution in [0.5, 0.6) is 11.5 Å². The topological polar surface area (TPSA) is 84.9 Å². The van der Waals surface area contributed by atoms with Crippen molar-refractivity contribution in [2.45, 2.75) is 25.5 Å². The molecule has 156 valence electrons. The lowest BCUT2D eigenvalue weighted by molar-refractivity contribution is -0.122. The Bertz CT molecular complexity index is 982. The Balaban J connectivity index is 1.73. The zero-order chi connectivity index (χ0) is 21.0. The van der Waals surface area contributed by atoms with Crippen LogP contribution in [0.4, 0.5) is 10.1 Å². The van der Waals surface area contributed by atoms with Crippen LogP contribution in [0.3, 0.4) is 0 Å². The van der Waals surface area contributed by atoms with E-state index in [9.17, 15) is 17.6 Å². The minimum atomic E-state index is -3.90. The second-order valence-corrected chi connectivity index (χ2v) is 8.54. The van der Waals surface area contributed by atoms with Gasteiger partial charge in [-0.1, -0.05) is 31.2 Å². The molecule has 0 bridgehead atoms. The molecule has 2 aromatic carbocycles. The van der Waals surface area contributed by atoms with Crippen molar-refractivity contribution in [3.8, 4) is 11.5 Å². The summed E-state index contributed by atoms with van der Waals surface area (Å²) >= 11 is 0. The van der Waals surface area contributed by atoms with E-state index in [2.05, 4.69) is 5.32 Å². The number of nitrogens with one attached hydrogen (secondary N) is 1. The number of carbonyl (C=O) groups excluding carboxylic acids is 1. The summed E-state index contributed by atoms with van der Waals surface area (Å²) in [6.07, 6.45) is 0.689. The first kappa shape index (κ1) is 20.9. The largest absolute Gasteiger partial charge is 0.486 e. The van der Waals surface area contributed by atoms with E-state index in [1.165, 1.54) is 18.2 Å². The van der Waals surface area contributed by atoms with Gasteiger partial charge in [0.05, 0.1) is 18.5 Å². The van der Waals surface area contributed by atoms with E-state index in [0.717, 1.165) is 16.6 Å². The molecule has 29 heavy (non-hydrogen) atoms. The van der Waals surface area contributed by atoms with Crippen LogP contribution in [0.25, 0.3) is 0 Å². The van der Waals surface area contributed by atoms with Gasteiger partial charge in [-0.3, -0.25) is 9.10 Å². The summed E-state index contributed by atoms with van der Waals surface area (Å²) in [7, 11) is -3.90. The number of hydrogen-bond acceptors (Lipinski definition) is 5. The molecule has 3 rings (SSSR count). The highest BCUT2D eigenvalue weighted by Gasteiger charge is 2.33. The highest BCUT2D eigenvalue weighted by atomic mass is 32.2. The van der Waals surface area contributed by atoms with Crippen molar-refractivity contribution in [3.05, 3.63) is 54.3 Å².